The molecule has 0 aromatic heterocycles. The molecule has 0 fully saturated rings. The smallest absolute Gasteiger partial charge is 0.406 e. The fraction of sp³-hybridized carbons (Fsp3) is 0.263. The Bertz CT molecular complexity index is 813. The maximum absolute atomic E-state index is 12.3. The number of alkyl halides is 3. The molecule has 2 amide bonds. The predicted octanol–water partition coefficient (Wildman–Crippen LogP) is 3.91. The van der Waals surface area contributed by atoms with Gasteiger partial charge in [-0.15, -0.1) is 13.2 Å². The molecule has 0 bridgehead atoms. The summed E-state index contributed by atoms with van der Waals surface area (Å²) in [5.74, 6) is -1.29. The number of nitrogens with one attached hydrogen (secondary N) is 1. The topological polar surface area (TPSA) is 58.6 Å². The number of aryl methyl sites for hydroxylation is 2. The molecule has 27 heavy (non-hydrogen) atoms. The van der Waals surface area contributed by atoms with E-state index in [4.69, 9.17) is 0 Å². The summed E-state index contributed by atoms with van der Waals surface area (Å²) in [5, 5.41) is 2.77. The van der Waals surface area contributed by atoms with E-state index in [1.165, 1.54) is 24.1 Å². The largest absolute Gasteiger partial charge is 0.573 e. The molecule has 8 heteroatoms. The van der Waals surface area contributed by atoms with Gasteiger partial charge in [0.1, 0.15) is 5.75 Å². The number of rotatable bonds is 5. The summed E-state index contributed by atoms with van der Waals surface area (Å²) in [6.45, 7) is 3.53. The first-order valence-corrected chi connectivity index (χ1v) is 8.04. The minimum absolute atomic E-state index is 0.145. The number of hydrogen-bond donors (Lipinski definition) is 1. The summed E-state index contributed by atoms with van der Waals surface area (Å²) < 4.78 is 40.3. The summed E-state index contributed by atoms with van der Waals surface area (Å²) in [7, 11) is 1.44. The Kier molecular flexibility index (Phi) is 6.09. The van der Waals surface area contributed by atoms with Gasteiger partial charge in [-0.3, -0.25) is 9.59 Å². The van der Waals surface area contributed by atoms with Crippen LogP contribution in [-0.4, -0.2) is 36.7 Å². The Morgan fingerprint density at radius 3 is 2.11 bits per heavy atom. The van der Waals surface area contributed by atoms with Gasteiger partial charge in [-0.25, -0.2) is 0 Å². The second-order valence-corrected chi connectivity index (χ2v) is 6.05. The van der Waals surface area contributed by atoms with Crippen LogP contribution in [0.3, 0.4) is 0 Å². The molecular weight excluding hydrogens is 361 g/mol. The van der Waals surface area contributed by atoms with E-state index in [1.54, 1.807) is 0 Å². The Labute approximate surface area is 154 Å². The lowest BCUT2D eigenvalue weighted by Crippen LogP contribution is -2.35. The van der Waals surface area contributed by atoms with Gasteiger partial charge in [-0.2, -0.15) is 0 Å². The van der Waals surface area contributed by atoms with Crippen LogP contribution in [0.5, 0.6) is 5.75 Å². The highest BCUT2D eigenvalue weighted by molar-refractivity contribution is 5.99. The molecule has 0 aliphatic heterocycles. The van der Waals surface area contributed by atoms with Crippen molar-refractivity contribution >= 4 is 17.5 Å². The standard InChI is InChI=1S/C19H19F3N2O3/c1-12-5-4-6-13(2)17(12)23-16(25)11-24(3)18(26)14-7-9-15(10-8-14)27-19(20,21)22/h4-10H,11H2,1-3H3,(H,23,25). The van der Waals surface area contributed by atoms with Crippen molar-refractivity contribution in [3.8, 4) is 5.75 Å². The average molecular weight is 380 g/mol. The molecule has 0 unspecified atom stereocenters. The van der Waals surface area contributed by atoms with Crippen LogP contribution in [0.15, 0.2) is 42.5 Å². The van der Waals surface area contributed by atoms with Crippen molar-refractivity contribution in [2.75, 3.05) is 18.9 Å². The van der Waals surface area contributed by atoms with E-state index >= 15 is 0 Å². The Balaban J connectivity index is 1.99. The molecule has 2 aromatic rings. The number of likely N-dealkylation sites (N-methyl/N-ethyl adjacent to an activating group) is 1. The number of nitrogens with zero attached hydrogens (tertiary/aromatic N) is 1. The van der Waals surface area contributed by atoms with Gasteiger partial charge >= 0.3 is 6.36 Å². The van der Waals surface area contributed by atoms with Crippen molar-refractivity contribution in [3.05, 3.63) is 59.2 Å². The summed E-state index contributed by atoms with van der Waals surface area (Å²) in [6.07, 6.45) is -4.80. The van der Waals surface area contributed by atoms with E-state index in [9.17, 15) is 22.8 Å². The van der Waals surface area contributed by atoms with E-state index < -0.39 is 18.0 Å². The second kappa shape index (κ2) is 8.11. The highest BCUT2D eigenvalue weighted by atomic mass is 19.4. The first-order chi connectivity index (χ1) is 12.6. The van der Waals surface area contributed by atoms with Crippen LogP contribution in [-0.2, 0) is 4.79 Å². The second-order valence-electron chi connectivity index (χ2n) is 6.05. The van der Waals surface area contributed by atoms with E-state index in [1.807, 2.05) is 32.0 Å². The molecule has 0 aliphatic carbocycles. The molecule has 5 nitrogen and oxygen atoms in total. The van der Waals surface area contributed by atoms with Gasteiger partial charge < -0.3 is 15.0 Å². The van der Waals surface area contributed by atoms with Crippen LogP contribution in [0.2, 0.25) is 0 Å². The summed E-state index contributed by atoms with van der Waals surface area (Å²) >= 11 is 0. The normalized spacial score (nSPS) is 11.0. The highest BCUT2D eigenvalue weighted by Gasteiger charge is 2.31. The molecule has 0 aliphatic rings. The monoisotopic (exact) mass is 380 g/mol. The molecule has 0 saturated heterocycles. The fourth-order valence-electron chi connectivity index (χ4n) is 2.50. The molecule has 0 spiro atoms. The van der Waals surface area contributed by atoms with Crippen molar-refractivity contribution in [1.29, 1.82) is 0 Å². The summed E-state index contributed by atoms with van der Waals surface area (Å²) in [6, 6.07) is 10.1. The number of benzene rings is 2. The number of ether oxygens (including phenoxy) is 1. The number of anilines is 1. The lowest BCUT2D eigenvalue weighted by molar-refractivity contribution is -0.274. The van der Waals surface area contributed by atoms with Gasteiger partial charge in [0.15, 0.2) is 0 Å². The molecule has 0 heterocycles. The number of hydrogen-bond acceptors (Lipinski definition) is 3. The van der Waals surface area contributed by atoms with Gasteiger partial charge in [0.25, 0.3) is 5.91 Å². The maximum Gasteiger partial charge on any atom is 0.573 e. The quantitative estimate of drug-likeness (QED) is 0.856. The third-order valence-corrected chi connectivity index (χ3v) is 3.81. The van der Waals surface area contributed by atoms with Crippen molar-refractivity contribution < 1.29 is 27.5 Å². The molecule has 0 radical (unpaired) electrons. The van der Waals surface area contributed by atoms with Gasteiger partial charge in [-0.05, 0) is 49.2 Å². The lowest BCUT2D eigenvalue weighted by atomic mass is 10.1. The van der Waals surface area contributed by atoms with Crippen LogP contribution < -0.4 is 10.1 Å². The molecular formula is C19H19F3N2O3. The van der Waals surface area contributed by atoms with E-state index in [-0.39, 0.29) is 18.0 Å². The number of carbonyl (C=O) groups is 2. The molecule has 0 saturated carbocycles. The van der Waals surface area contributed by atoms with Gasteiger partial charge in [-0.1, -0.05) is 18.2 Å². The first-order valence-electron chi connectivity index (χ1n) is 8.04. The zero-order valence-corrected chi connectivity index (χ0v) is 15.1. The molecule has 144 valence electrons. The Morgan fingerprint density at radius 1 is 1.04 bits per heavy atom. The van der Waals surface area contributed by atoms with Crippen LogP contribution in [0, 0.1) is 13.8 Å². The number of para-hydroxylation sites is 1. The zero-order valence-electron chi connectivity index (χ0n) is 15.1. The van der Waals surface area contributed by atoms with Gasteiger partial charge in [0.2, 0.25) is 5.91 Å². The zero-order chi connectivity index (χ0) is 20.2. The maximum atomic E-state index is 12.3. The lowest BCUT2D eigenvalue weighted by Gasteiger charge is -2.18. The minimum atomic E-state index is -4.80. The third-order valence-electron chi connectivity index (χ3n) is 3.81. The first kappa shape index (κ1) is 20.3. The van der Waals surface area contributed by atoms with Crippen molar-refractivity contribution in [2.45, 2.75) is 20.2 Å². The molecule has 2 rings (SSSR count). The van der Waals surface area contributed by atoms with Crippen molar-refractivity contribution in [3.63, 3.8) is 0 Å². The number of halogens is 3. The SMILES string of the molecule is Cc1cccc(C)c1NC(=O)CN(C)C(=O)c1ccc(OC(F)(F)F)cc1. The van der Waals surface area contributed by atoms with Crippen molar-refractivity contribution in [1.82, 2.24) is 4.90 Å². The third kappa shape index (κ3) is 5.73. The van der Waals surface area contributed by atoms with Crippen LogP contribution >= 0.6 is 0 Å². The van der Waals surface area contributed by atoms with Crippen LogP contribution in [0.4, 0.5) is 18.9 Å². The van der Waals surface area contributed by atoms with Gasteiger partial charge in [0.05, 0.1) is 6.54 Å². The predicted molar refractivity (Wildman–Crippen MR) is 94.6 cm³/mol. The molecule has 2 aromatic carbocycles. The highest BCUT2D eigenvalue weighted by Crippen LogP contribution is 2.23. The fourth-order valence-corrected chi connectivity index (χ4v) is 2.50. The average Bonchev–Trinajstić information content (AvgIpc) is 2.57. The Hall–Kier alpha value is -3.03. The Morgan fingerprint density at radius 2 is 1.59 bits per heavy atom. The van der Waals surface area contributed by atoms with Gasteiger partial charge in [0, 0.05) is 18.3 Å². The number of amides is 2. The van der Waals surface area contributed by atoms with E-state index in [0.717, 1.165) is 23.3 Å². The minimum Gasteiger partial charge on any atom is -0.406 e. The summed E-state index contributed by atoms with van der Waals surface area (Å²) in [5.41, 5.74) is 2.64. The molecule has 0 atom stereocenters. The van der Waals surface area contributed by atoms with E-state index in [2.05, 4.69) is 10.1 Å². The van der Waals surface area contributed by atoms with E-state index in [0.29, 0.717) is 5.69 Å². The van der Waals surface area contributed by atoms with Crippen LogP contribution in [0.1, 0.15) is 21.5 Å². The van der Waals surface area contributed by atoms with Crippen molar-refractivity contribution in [2.24, 2.45) is 0 Å². The summed E-state index contributed by atoms with van der Waals surface area (Å²) in [4.78, 5) is 25.8. The molecule has 1 N–H and O–H groups in total. The number of carbonyl (C=O) groups excluding carboxylic acids is 2. The van der Waals surface area contributed by atoms with Crippen LogP contribution in [0.25, 0.3) is 0 Å².